The van der Waals surface area contributed by atoms with Crippen LogP contribution in [0, 0.1) is 0 Å². The Kier molecular flexibility index (Phi) is 6.91. The Morgan fingerprint density at radius 3 is 2.14 bits per heavy atom. The average molecular weight is 286 g/mol. The van der Waals surface area contributed by atoms with Gasteiger partial charge in [0.05, 0.1) is 6.73 Å². The van der Waals surface area contributed by atoms with Crippen molar-refractivity contribution in [1.29, 1.82) is 0 Å². The van der Waals surface area contributed by atoms with Crippen molar-refractivity contribution in [2.24, 2.45) is 0 Å². The first-order valence-corrected chi connectivity index (χ1v) is 7.18. The van der Waals surface area contributed by atoms with Crippen LogP contribution in [-0.2, 0) is 17.6 Å². The molecule has 0 amide bonds. The third-order valence-electron chi connectivity index (χ3n) is 3.23. The van der Waals surface area contributed by atoms with Gasteiger partial charge in [0.1, 0.15) is 6.23 Å². The fourth-order valence-corrected chi connectivity index (χ4v) is 2.08. The normalized spacial score (nSPS) is 12.2. The number of nitrogens with one attached hydrogen (secondary N) is 2. The summed E-state index contributed by atoms with van der Waals surface area (Å²) < 4.78 is 5.56. The predicted octanol–water partition coefficient (Wildman–Crippen LogP) is 2.34. The Labute approximate surface area is 125 Å². The molecule has 0 aliphatic heterocycles. The molecular weight excluding hydrogens is 264 g/mol. The Hall–Kier alpha value is -1.72. The molecule has 2 aromatic carbocycles. The van der Waals surface area contributed by atoms with Crippen molar-refractivity contribution in [2.45, 2.75) is 19.1 Å². The first kappa shape index (κ1) is 15.7. The van der Waals surface area contributed by atoms with E-state index in [1.807, 2.05) is 48.5 Å². The van der Waals surface area contributed by atoms with E-state index in [1.165, 1.54) is 5.56 Å². The summed E-state index contributed by atoms with van der Waals surface area (Å²) >= 11 is 0. The van der Waals surface area contributed by atoms with Gasteiger partial charge in [-0.3, -0.25) is 5.32 Å². The molecule has 0 heterocycles. The summed E-state index contributed by atoms with van der Waals surface area (Å²) in [6.07, 6.45) is 1.18. The van der Waals surface area contributed by atoms with E-state index in [0.717, 1.165) is 18.5 Å². The highest BCUT2D eigenvalue weighted by molar-refractivity contribution is 5.15. The third-order valence-corrected chi connectivity index (χ3v) is 3.23. The topological polar surface area (TPSA) is 53.5 Å². The third kappa shape index (κ3) is 6.06. The van der Waals surface area contributed by atoms with Gasteiger partial charge in [-0.1, -0.05) is 60.7 Å². The SMILES string of the molecule is ONC(Cc1ccccc1)OCNCCc1ccccc1. The lowest BCUT2D eigenvalue weighted by molar-refractivity contribution is -0.0572. The second kappa shape index (κ2) is 9.26. The number of benzene rings is 2. The minimum absolute atomic E-state index is 0.401. The largest absolute Gasteiger partial charge is 0.346 e. The average Bonchev–Trinajstić information content (AvgIpc) is 2.55. The van der Waals surface area contributed by atoms with Gasteiger partial charge in [0, 0.05) is 13.0 Å². The van der Waals surface area contributed by atoms with Crippen molar-refractivity contribution in [3.05, 3.63) is 71.8 Å². The molecule has 0 radical (unpaired) electrons. The van der Waals surface area contributed by atoms with Gasteiger partial charge in [0.2, 0.25) is 0 Å². The highest BCUT2D eigenvalue weighted by atomic mass is 16.6. The molecule has 2 aromatic rings. The molecule has 112 valence electrons. The second-order valence-corrected chi connectivity index (χ2v) is 4.85. The van der Waals surface area contributed by atoms with Crippen LogP contribution in [0.25, 0.3) is 0 Å². The number of hydrogen-bond donors (Lipinski definition) is 3. The molecule has 0 bridgehead atoms. The van der Waals surface area contributed by atoms with Crippen molar-refractivity contribution in [3.8, 4) is 0 Å². The maximum Gasteiger partial charge on any atom is 0.135 e. The molecule has 0 aliphatic carbocycles. The minimum atomic E-state index is -0.406. The number of ether oxygens (including phenoxy) is 1. The maximum atomic E-state index is 9.12. The van der Waals surface area contributed by atoms with Crippen LogP contribution in [-0.4, -0.2) is 24.7 Å². The van der Waals surface area contributed by atoms with Gasteiger partial charge >= 0.3 is 0 Å². The van der Waals surface area contributed by atoms with E-state index in [-0.39, 0.29) is 0 Å². The van der Waals surface area contributed by atoms with Crippen molar-refractivity contribution < 1.29 is 9.94 Å². The first-order valence-electron chi connectivity index (χ1n) is 7.18. The zero-order chi connectivity index (χ0) is 14.8. The number of hydrogen-bond acceptors (Lipinski definition) is 4. The van der Waals surface area contributed by atoms with Crippen molar-refractivity contribution >= 4 is 0 Å². The lowest BCUT2D eigenvalue weighted by Crippen LogP contribution is -2.35. The molecule has 4 nitrogen and oxygen atoms in total. The molecule has 2 rings (SSSR count). The van der Waals surface area contributed by atoms with E-state index in [4.69, 9.17) is 9.94 Å². The Morgan fingerprint density at radius 2 is 1.52 bits per heavy atom. The van der Waals surface area contributed by atoms with Crippen LogP contribution in [0.15, 0.2) is 60.7 Å². The Balaban J connectivity index is 1.62. The lowest BCUT2D eigenvalue weighted by atomic mass is 10.1. The van der Waals surface area contributed by atoms with Crippen LogP contribution in [0.3, 0.4) is 0 Å². The van der Waals surface area contributed by atoms with E-state index in [9.17, 15) is 0 Å². The molecule has 0 saturated carbocycles. The molecule has 0 spiro atoms. The standard InChI is InChI=1S/C17H22N2O2/c20-19-17(13-16-9-5-2-6-10-16)21-14-18-12-11-15-7-3-1-4-8-15/h1-10,17-20H,11-14H2. The zero-order valence-electron chi connectivity index (χ0n) is 12.0. The van der Waals surface area contributed by atoms with E-state index < -0.39 is 6.23 Å². The molecule has 0 fully saturated rings. The molecule has 3 N–H and O–H groups in total. The summed E-state index contributed by atoms with van der Waals surface area (Å²) in [6.45, 7) is 1.24. The van der Waals surface area contributed by atoms with Crippen LogP contribution >= 0.6 is 0 Å². The summed E-state index contributed by atoms with van der Waals surface area (Å²) in [7, 11) is 0. The molecule has 4 heteroatoms. The van der Waals surface area contributed by atoms with Crippen molar-refractivity contribution in [3.63, 3.8) is 0 Å². The van der Waals surface area contributed by atoms with E-state index in [2.05, 4.69) is 22.9 Å². The highest BCUT2D eigenvalue weighted by Crippen LogP contribution is 2.03. The monoisotopic (exact) mass is 286 g/mol. The molecule has 0 aliphatic rings. The van der Waals surface area contributed by atoms with Gasteiger partial charge in [-0.25, -0.2) is 0 Å². The number of rotatable bonds is 9. The molecule has 0 aromatic heterocycles. The molecule has 0 saturated heterocycles. The molecule has 21 heavy (non-hydrogen) atoms. The van der Waals surface area contributed by atoms with E-state index >= 15 is 0 Å². The summed E-state index contributed by atoms with van der Waals surface area (Å²) in [4.78, 5) is 0. The molecule has 1 unspecified atom stereocenters. The predicted molar refractivity (Wildman–Crippen MR) is 83.0 cm³/mol. The number of hydroxylamine groups is 1. The van der Waals surface area contributed by atoms with Crippen LogP contribution in [0.1, 0.15) is 11.1 Å². The summed E-state index contributed by atoms with van der Waals surface area (Å²) in [5.41, 5.74) is 4.61. The van der Waals surface area contributed by atoms with Crippen molar-refractivity contribution in [2.75, 3.05) is 13.3 Å². The Morgan fingerprint density at radius 1 is 0.905 bits per heavy atom. The maximum absolute atomic E-state index is 9.12. The minimum Gasteiger partial charge on any atom is -0.346 e. The fraction of sp³-hybridized carbons (Fsp3) is 0.294. The van der Waals surface area contributed by atoms with E-state index in [0.29, 0.717) is 13.2 Å². The van der Waals surface area contributed by atoms with Crippen LogP contribution < -0.4 is 10.8 Å². The van der Waals surface area contributed by atoms with Crippen LogP contribution in [0.5, 0.6) is 0 Å². The van der Waals surface area contributed by atoms with Gasteiger partial charge in [0.15, 0.2) is 0 Å². The quantitative estimate of drug-likeness (QED) is 0.376. The second-order valence-electron chi connectivity index (χ2n) is 4.85. The lowest BCUT2D eigenvalue weighted by Gasteiger charge is -2.16. The zero-order valence-corrected chi connectivity index (χ0v) is 12.0. The van der Waals surface area contributed by atoms with Crippen LogP contribution in [0.4, 0.5) is 0 Å². The smallest absolute Gasteiger partial charge is 0.135 e. The van der Waals surface area contributed by atoms with Gasteiger partial charge in [0.25, 0.3) is 0 Å². The van der Waals surface area contributed by atoms with Gasteiger partial charge in [-0.15, -0.1) is 0 Å². The Bertz CT molecular complexity index is 491. The molecule has 1 atom stereocenters. The first-order chi connectivity index (χ1) is 10.4. The van der Waals surface area contributed by atoms with Crippen molar-refractivity contribution in [1.82, 2.24) is 10.8 Å². The summed E-state index contributed by atoms with van der Waals surface area (Å²) in [5, 5.41) is 12.3. The molecular formula is C17H22N2O2. The van der Waals surface area contributed by atoms with Crippen LogP contribution in [0.2, 0.25) is 0 Å². The van der Waals surface area contributed by atoms with Gasteiger partial charge in [-0.2, -0.15) is 5.48 Å². The summed E-state index contributed by atoms with van der Waals surface area (Å²) in [5.74, 6) is 0. The summed E-state index contributed by atoms with van der Waals surface area (Å²) in [6, 6.07) is 20.2. The van der Waals surface area contributed by atoms with E-state index in [1.54, 1.807) is 0 Å². The van der Waals surface area contributed by atoms with Gasteiger partial charge < -0.3 is 9.94 Å². The highest BCUT2D eigenvalue weighted by Gasteiger charge is 2.07. The fourth-order valence-electron chi connectivity index (χ4n) is 2.08. The van der Waals surface area contributed by atoms with Gasteiger partial charge in [-0.05, 0) is 17.5 Å².